The highest BCUT2D eigenvalue weighted by Crippen LogP contribution is 2.55. The minimum Gasteiger partial charge on any atom is -0.444 e. The number of pyridine rings is 1. The number of amides is 2. The quantitative estimate of drug-likeness (QED) is 0.368. The summed E-state index contributed by atoms with van der Waals surface area (Å²) in [5.74, 6) is -2.19. The topological polar surface area (TPSA) is 99.8 Å². The minimum absolute atomic E-state index is 0.0504. The van der Waals surface area contributed by atoms with Gasteiger partial charge in [0.15, 0.2) is 11.6 Å². The van der Waals surface area contributed by atoms with Gasteiger partial charge < -0.3 is 24.7 Å². The molecule has 2 amide bonds. The Balaban J connectivity index is 1.52. The van der Waals surface area contributed by atoms with E-state index in [1.54, 1.807) is 20.8 Å². The first-order chi connectivity index (χ1) is 18.5. The number of halogens is 3. The minimum atomic E-state index is -1.12. The fourth-order valence-electron chi connectivity index (χ4n) is 5.44. The highest BCUT2D eigenvalue weighted by Gasteiger charge is 2.58. The first-order valence-electron chi connectivity index (χ1n) is 13.2. The third-order valence-electron chi connectivity index (χ3n) is 7.31. The fourth-order valence-corrected chi connectivity index (χ4v) is 5.71. The van der Waals surface area contributed by atoms with E-state index in [1.807, 2.05) is 25.7 Å². The van der Waals surface area contributed by atoms with E-state index in [0.717, 1.165) is 23.8 Å². The van der Waals surface area contributed by atoms with Crippen molar-refractivity contribution in [3.63, 3.8) is 0 Å². The van der Waals surface area contributed by atoms with Gasteiger partial charge >= 0.3 is 12.2 Å². The van der Waals surface area contributed by atoms with Gasteiger partial charge in [-0.25, -0.2) is 23.4 Å². The second kappa shape index (κ2) is 9.36. The second-order valence-electron chi connectivity index (χ2n) is 12.7. The molecule has 5 rings (SSSR count). The zero-order valence-electron chi connectivity index (χ0n) is 23.7. The number of hydrogen-bond acceptors (Lipinski definition) is 6. The maximum Gasteiger partial charge on any atom is 0.414 e. The molecular formula is C28H34ClF2N5O4. The molecule has 2 aliphatic rings. The normalized spacial score (nSPS) is 20.9. The molecule has 2 fully saturated rings. The van der Waals surface area contributed by atoms with Crippen LogP contribution in [0.5, 0.6) is 0 Å². The summed E-state index contributed by atoms with van der Waals surface area (Å²) in [4.78, 5) is 35.7. The van der Waals surface area contributed by atoms with Crippen LogP contribution in [0.3, 0.4) is 0 Å². The third-order valence-corrected chi connectivity index (χ3v) is 7.59. The molecule has 1 aliphatic carbocycles. The predicted molar refractivity (Wildman–Crippen MR) is 150 cm³/mol. The Hall–Kier alpha value is -3.34. The Bertz CT molecular complexity index is 1530. The molecule has 216 valence electrons. The van der Waals surface area contributed by atoms with Gasteiger partial charge in [-0.15, -0.1) is 0 Å². The number of alkyl carbamates (subject to hydrolysis) is 1. The molecular weight excluding hydrogens is 544 g/mol. The van der Waals surface area contributed by atoms with E-state index in [2.05, 4.69) is 15.3 Å². The second-order valence-corrected chi connectivity index (χ2v) is 13.1. The summed E-state index contributed by atoms with van der Waals surface area (Å²) in [5.41, 5.74) is -0.432. The van der Waals surface area contributed by atoms with Gasteiger partial charge in [-0.1, -0.05) is 11.6 Å². The average molecular weight is 578 g/mol. The molecule has 2 N–H and O–H groups in total. The van der Waals surface area contributed by atoms with Crippen molar-refractivity contribution in [3.05, 3.63) is 28.9 Å². The summed E-state index contributed by atoms with van der Waals surface area (Å²) in [5, 5.41) is 3.52. The third kappa shape index (κ3) is 5.11. The summed E-state index contributed by atoms with van der Waals surface area (Å²) in [6, 6.07) is 0.898. The average Bonchev–Trinajstić information content (AvgIpc) is 3.13. The van der Waals surface area contributed by atoms with Gasteiger partial charge in [-0.2, -0.15) is 0 Å². The number of nitrogens with zero attached hydrogens (tertiary/aromatic N) is 3. The van der Waals surface area contributed by atoms with E-state index in [4.69, 9.17) is 21.1 Å². The van der Waals surface area contributed by atoms with E-state index in [-0.39, 0.29) is 33.1 Å². The predicted octanol–water partition coefficient (Wildman–Crippen LogP) is 6.51. The summed E-state index contributed by atoms with van der Waals surface area (Å²) in [6.07, 6.45) is 1.83. The van der Waals surface area contributed by atoms with Crippen molar-refractivity contribution in [2.45, 2.75) is 71.6 Å². The van der Waals surface area contributed by atoms with Crippen LogP contribution in [0.1, 0.15) is 54.4 Å². The largest absolute Gasteiger partial charge is 0.444 e. The molecule has 2 aromatic heterocycles. The number of nitrogens with one attached hydrogen (secondary N) is 2. The van der Waals surface area contributed by atoms with Gasteiger partial charge in [-0.05, 0) is 54.4 Å². The number of carbonyl (C=O) groups is 2. The molecule has 1 aliphatic heterocycles. The standard InChI is InChI=1S/C28H34ClF2N5O4/c1-26(2,3)39-24(37)33-17-11-28(17)8-9-36(13-28)22-14(29)12-32-23-19(22)18-20(31)15(30)10-16(21(18)34-23)35(7)25(38)40-27(4,5)6/h10,12,17H,8-9,11,13H2,1-7H3,(H,32,34)(H,33,37)/t17-,28-/m1/s1. The molecule has 0 bridgehead atoms. The zero-order valence-corrected chi connectivity index (χ0v) is 24.4. The molecule has 1 spiro atoms. The number of ether oxygens (including phenoxy) is 2. The number of H-pyrrole nitrogens is 1. The molecule has 12 heteroatoms. The number of aromatic amines is 1. The molecule has 40 heavy (non-hydrogen) atoms. The van der Waals surface area contributed by atoms with Crippen LogP contribution in [0, 0.1) is 17.0 Å². The smallest absolute Gasteiger partial charge is 0.414 e. The first kappa shape index (κ1) is 28.2. The lowest BCUT2D eigenvalue weighted by molar-refractivity contribution is 0.0515. The summed E-state index contributed by atoms with van der Waals surface area (Å²) in [6.45, 7) is 11.7. The van der Waals surface area contributed by atoms with E-state index < -0.39 is 35.0 Å². The van der Waals surface area contributed by atoms with Crippen molar-refractivity contribution in [1.29, 1.82) is 0 Å². The van der Waals surface area contributed by atoms with Crippen LogP contribution >= 0.6 is 11.6 Å². The highest BCUT2D eigenvalue weighted by atomic mass is 35.5. The van der Waals surface area contributed by atoms with Crippen LogP contribution in [-0.4, -0.2) is 59.5 Å². The lowest BCUT2D eigenvalue weighted by Crippen LogP contribution is -2.36. The maximum atomic E-state index is 15.5. The Kier molecular flexibility index (Phi) is 6.60. The molecule has 3 aromatic rings. The summed E-state index contributed by atoms with van der Waals surface area (Å²) >= 11 is 6.66. The summed E-state index contributed by atoms with van der Waals surface area (Å²) in [7, 11) is 1.43. The van der Waals surface area contributed by atoms with Gasteiger partial charge in [0.2, 0.25) is 0 Å². The van der Waals surface area contributed by atoms with Crippen molar-refractivity contribution in [3.8, 4) is 0 Å². The lowest BCUT2D eigenvalue weighted by atomic mass is 10.1. The molecule has 1 saturated heterocycles. The molecule has 0 radical (unpaired) electrons. The fraction of sp³-hybridized carbons (Fsp3) is 0.536. The number of benzene rings is 1. The molecule has 3 heterocycles. The van der Waals surface area contributed by atoms with Gasteiger partial charge in [0, 0.05) is 37.7 Å². The number of fused-ring (bicyclic) bond motifs is 3. The van der Waals surface area contributed by atoms with Gasteiger partial charge in [-0.3, -0.25) is 4.90 Å². The van der Waals surface area contributed by atoms with Gasteiger partial charge in [0.1, 0.15) is 16.8 Å². The Labute approximate surface area is 236 Å². The maximum absolute atomic E-state index is 15.5. The molecule has 1 saturated carbocycles. The van der Waals surface area contributed by atoms with Crippen molar-refractivity contribution in [2.24, 2.45) is 5.41 Å². The van der Waals surface area contributed by atoms with Crippen LogP contribution in [0.15, 0.2) is 12.3 Å². The molecule has 1 aromatic carbocycles. The Morgan fingerprint density at radius 3 is 2.50 bits per heavy atom. The number of aromatic nitrogens is 2. The molecule has 9 nitrogen and oxygen atoms in total. The Morgan fingerprint density at radius 2 is 1.85 bits per heavy atom. The number of anilines is 2. The van der Waals surface area contributed by atoms with Crippen LogP contribution in [0.2, 0.25) is 5.02 Å². The van der Waals surface area contributed by atoms with Gasteiger partial charge in [0.25, 0.3) is 0 Å². The van der Waals surface area contributed by atoms with E-state index in [1.165, 1.54) is 13.2 Å². The van der Waals surface area contributed by atoms with E-state index in [9.17, 15) is 9.59 Å². The SMILES string of the molecule is CN(C(=O)OC(C)(C)C)c1cc(F)c(F)c2c1[nH]c1ncc(Cl)c(N3CC[C@@]4(C[C@H]4NC(=O)OC(C)(C)C)C3)c12. The monoisotopic (exact) mass is 577 g/mol. The number of rotatable bonds is 3. The number of carbonyl (C=O) groups excluding carboxylic acids is 2. The van der Waals surface area contributed by atoms with Crippen LogP contribution in [0.25, 0.3) is 21.9 Å². The first-order valence-corrected chi connectivity index (χ1v) is 13.6. The van der Waals surface area contributed by atoms with E-state index >= 15 is 8.78 Å². The summed E-state index contributed by atoms with van der Waals surface area (Å²) < 4.78 is 41.4. The van der Waals surface area contributed by atoms with Crippen molar-refractivity contribution in [2.75, 3.05) is 29.9 Å². The molecule has 0 unspecified atom stereocenters. The number of hydrogen-bond donors (Lipinski definition) is 2. The van der Waals surface area contributed by atoms with Crippen LogP contribution in [0.4, 0.5) is 29.7 Å². The lowest BCUT2D eigenvalue weighted by Gasteiger charge is -2.25. The van der Waals surface area contributed by atoms with Gasteiger partial charge in [0.05, 0.1) is 38.9 Å². The molecule has 2 atom stereocenters. The van der Waals surface area contributed by atoms with E-state index in [0.29, 0.717) is 29.8 Å². The van der Waals surface area contributed by atoms with Crippen molar-refractivity contribution in [1.82, 2.24) is 15.3 Å². The van der Waals surface area contributed by atoms with Crippen molar-refractivity contribution >= 4 is 57.1 Å². The van der Waals surface area contributed by atoms with Crippen molar-refractivity contribution < 1.29 is 27.8 Å². The zero-order chi connectivity index (χ0) is 29.4. The Morgan fingerprint density at radius 1 is 1.18 bits per heavy atom. The highest BCUT2D eigenvalue weighted by molar-refractivity contribution is 6.36. The van der Waals surface area contributed by atoms with Crippen LogP contribution < -0.4 is 15.1 Å². The van der Waals surface area contributed by atoms with Crippen LogP contribution in [-0.2, 0) is 9.47 Å².